The molecule has 0 bridgehead atoms. The van der Waals surface area contributed by atoms with E-state index in [9.17, 15) is 4.79 Å². The summed E-state index contributed by atoms with van der Waals surface area (Å²) in [5.74, 6) is 1.10. The van der Waals surface area contributed by atoms with E-state index in [1.165, 1.54) is 0 Å². The predicted octanol–water partition coefficient (Wildman–Crippen LogP) is 1.96. The predicted molar refractivity (Wildman–Crippen MR) is 86.8 cm³/mol. The number of carbonyl (C=O) groups is 1. The van der Waals surface area contributed by atoms with E-state index < -0.39 is 5.60 Å². The Morgan fingerprint density at radius 3 is 2.71 bits per heavy atom. The van der Waals surface area contributed by atoms with Crippen molar-refractivity contribution >= 4 is 11.6 Å². The molecule has 0 radical (unpaired) electrons. The fourth-order valence-corrected chi connectivity index (χ4v) is 3.17. The first-order valence-electron chi connectivity index (χ1n) is 8.16. The Balaban J connectivity index is 1.68. The minimum Gasteiger partial charge on any atom is -0.466 e. The van der Waals surface area contributed by atoms with Crippen molar-refractivity contribution in [3.63, 3.8) is 0 Å². The Labute approximate surface area is 139 Å². The molecule has 1 saturated heterocycles. The molecule has 2 N–H and O–H groups in total. The van der Waals surface area contributed by atoms with E-state index >= 15 is 0 Å². The molecule has 3 heterocycles. The summed E-state index contributed by atoms with van der Waals surface area (Å²) in [6, 6.07) is 7.29. The third-order valence-electron chi connectivity index (χ3n) is 4.96. The SMILES string of the molecule is CC1(c2noc(C3(C)Oc4ccccc4NC3=O)n2)CCNCC1. The number of fused-ring (bicyclic) bond motifs is 1. The van der Waals surface area contributed by atoms with E-state index in [-0.39, 0.29) is 17.2 Å². The lowest BCUT2D eigenvalue weighted by atomic mass is 9.80. The van der Waals surface area contributed by atoms with Gasteiger partial charge in [0.25, 0.3) is 17.4 Å². The number of amides is 1. The number of carbonyl (C=O) groups excluding carboxylic acids is 1. The molecule has 4 rings (SSSR count). The minimum absolute atomic E-state index is 0.146. The van der Waals surface area contributed by atoms with Crippen molar-refractivity contribution in [1.29, 1.82) is 0 Å². The van der Waals surface area contributed by atoms with Crippen molar-refractivity contribution in [2.24, 2.45) is 0 Å². The molecule has 1 amide bonds. The molecule has 0 saturated carbocycles. The van der Waals surface area contributed by atoms with Crippen LogP contribution in [0.1, 0.15) is 38.4 Å². The molecule has 7 heteroatoms. The van der Waals surface area contributed by atoms with Gasteiger partial charge in [-0.2, -0.15) is 4.98 Å². The maximum absolute atomic E-state index is 12.6. The van der Waals surface area contributed by atoms with Gasteiger partial charge in [0.2, 0.25) is 0 Å². The zero-order valence-electron chi connectivity index (χ0n) is 13.8. The van der Waals surface area contributed by atoms with Crippen molar-refractivity contribution in [3.8, 4) is 5.75 Å². The van der Waals surface area contributed by atoms with Gasteiger partial charge in [0.15, 0.2) is 5.82 Å². The molecule has 7 nitrogen and oxygen atoms in total. The maximum Gasteiger partial charge on any atom is 0.280 e. The Bertz CT molecular complexity index is 782. The number of hydrogen-bond acceptors (Lipinski definition) is 6. The zero-order chi connectivity index (χ0) is 16.8. The largest absolute Gasteiger partial charge is 0.466 e. The second-order valence-corrected chi connectivity index (χ2v) is 6.82. The van der Waals surface area contributed by atoms with Gasteiger partial charge < -0.3 is 19.9 Å². The number of nitrogens with one attached hydrogen (secondary N) is 2. The fraction of sp³-hybridized carbons (Fsp3) is 0.471. The van der Waals surface area contributed by atoms with Crippen molar-refractivity contribution in [1.82, 2.24) is 15.5 Å². The number of anilines is 1. The zero-order valence-corrected chi connectivity index (χ0v) is 13.8. The summed E-state index contributed by atoms with van der Waals surface area (Å²) in [6.45, 7) is 5.62. The summed E-state index contributed by atoms with van der Waals surface area (Å²) < 4.78 is 11.4. The van der Waals surface area contributed by atoms with Gasteiger partial charge in [-0.3, -0.25) is 4.79 Å². The second kappa shape index (κ2) is 5.31. The number of rotatable bonds is 2. The summed E-state index contributed by atoms with van der Waals surface area (Å²) in [5, 5.41) is 10.3. The Morgan fingerprint density at radius 1 is 1.17 bits per heavy atom. The Hall–Kier alpha value is -2.41. The molecule has 1 aromatic carbocycles. The van der Waals surface area contributed by atoms with E-state index in [4.69, 9.17) is 9.26 Å². The molecule has 2 aromatic rings. The van der Waals surface area contributed by atoms with Crippen LogP contribution in [0.5, 0.6) is 5.75 Å². The smallest absolute Gasteiger partial charge is 0.280 e. The fourth-order valence-electron chi connectivity index (χ4n) is 3.17. The van der Waals surface area contributed by atoms with Gasteiger partial charge in [0.1, 0.15) is 5.75 Å². The van der Waals surface area contributed by atoms with Crippen molar-refractivity contribution in [3.05, 3.63) is 36.0 Å². The number of hydrogen-bond donors (Lipinski definition) is 2. The Morgan fingerprint density at radius 2 is 1.92 bits per heavy atom. The molecule has 1 aromatic heterocycles. The molecule has 1 fully saturated rings. The highest BCUT2D eigenvalue weighted by atomic mass is 16.5. The van der Waals surface area contributed by atoms with Crippen molar-refractivity contribution in [2.75, 3.05) is 18.4 Å². The van der Waals surface area contributed by atoms with Crippen LogP contribution in [0.25, 0.3) is 0 Å². The first-order valence-corrected chi connectivity index (χ1v) is 8.16. The number of ether oxygens (including phenoxy) is 1. The van der Waals surface area contributed by atoms with E-state index in [1.54, 1.807) is 19.1 Å². The molecular formula is C17H20N4O3. The molecule has 0 aliphatic carbocycles. The van der Waals surface area contributed by atoms with E-state index in [2.05, 4.69) is 27.7 Å². The second-order valence-electron chi connectivity index (χ2n) is 6.82. The molecule has 126 valence electrons. The van der Waals surface area contributed by atoms with Crippen LogP contribution >= 0.6 is 0 Å². The highest BCUT2D eigenvalue weighted by molar-refractivity contribution is 6.00. The standard InChI is InChI=1S/C17H20N4O3/c1-16(7-9-18-10-8-16)13-20-15(24-21-13)17(2)14(22)19-11-5-3-4-6-12(11)23-17/h3-6,18H,7-10H2,1-2H3,(H,19,22). The number of piperidine rings is 1. The third kappa shape index (κ3) is 2.27. The molecule has 24 heavy (non-hydrogen) atoms. The maximum atomic E-state index is 12.6. The summed E-state index contributed by atoms with van der Waals surface area (Å²) in [5.41, 5.74) is -0.833. The molecule has 2 aliphatic heterocycles. The lowest BCUT2D eigenvalue weighted by molar-refractivity contribution is -0.133. The summed E-state index contributed by atoms with van der Waals surface area (Å²) in [4.78, 5) is 17.1. The molecule has 2 aliphatic rings. The topological polar surface area (TPSA) is 89.3 Å². The number of nitrogens with zero attached hydrogens (tertiary/aromatic N) is 2. The van der Waals surface area contributed by atoms with Crippen LogP contribution in [-0.4, -0.2) is 29.1 Å². The minimum atomic E-state index is -1.33. The van der Waals surface area contributed by atoms with E-state index in [1.807, 2.05) is 12.1 Å². The first-order chi connectivity index (χ1) is 11.5. The molecule has 1 unspecified atom stereocenters. The van der Waals surface area contributed by atoms with Crippen molar-refractivity contribution in [2.45, 2.75) is 37.7 Å². The van der Waals surface area contributed by atoms with Crippen LogP contribution in [0.2, 0.25) is 0 Å². The van der Waals surface area contributed by atoms with Gasteiger partial charge in [-0.1, -0.05) is 24.2 Å². The average molecular weight is 328 g/mol. The van der Waals surface area contributed by atoms with Crippen LogP contribution < -0.4 is 15.4 Å². The van der Waals surface area contributed by atoms with Gasteiger partial charge in [0, 0.05) is 5.41 Å². The van der Waals surface area contributed by atoms with Gasteiger partial charge in [-0.15, -0.1) is 0 Å². The van der Waals surface area contributed by atoms with E-state index in [0.717, 1.165) is 25.9 Å². The highest BCUT2D eigenvalue weighted by Gasteiger charge is 2.48. The molecule has 1 atom stereocenters. The number of benzene rings is 1. The number of aromatic nitrogens is 2. The quantitative estimate of drug-likeness (QED) is 0.876. The third-order valence-corrected chi connectivity index (χ3v) is 4.96. The van der Waals surface area contributed by atoms with Crippen molar-refractivity contribution < 1.29 is 14.1 Å². The summed E-state index contributed by atoms with van der Waals surface area (Å²) in [6.07, 6.45) is 1.86. The summed E-state index contributed by atoms with van der Waals surface area (Å²) >= 11 is 0. The number of para-hydroxylation sites is 2. The van der Waals surface area contributed by atoms with Gasteiger partial charge in [-0.05, 0) is 45.0 Å². The molecular weight excluding hydrogens is 308 g/mol. The monoisotopic (exact) mass is 328 g/mol. The Kier molecular flexibility index (Phi) is 3.35. The highest BCUT2D eigenvalue weighted by Crippen LogP contribution is 2.39. The van der Waals surface area contributed by atoms with Crippen LogP contribution in [0.3, 0.4) is 0 Å². The average Bonchev–Trinajstić information content (AvgIpc) is 3.08. The first kappa shape index (κ1) is 15.1. The van der Waals surface area contributed by atoms with Gasteiger partial charge >= 0.3 is 0 Å². The van der Waals surface area contributed by atoms with Crippen LogP contribution in [0.4, 0.5) is 5.69 Å². The lowest BCUT2D eigenvalue weighted by Gasteiger charge is -2.32. The van der Waals surface area contributed by atoms with Gasteiger partial charge in [0.05, 0.1) is 5.69 Å². The normalized spacial score (nSPS) is 25.5. The van der Waals surface area contributed by atoms with Crippen LogP contribution in [0.15, 0.2) is 28.8 Å². The van der Waals surface area contributed by atoms with Crippen LogP contribution in [-0.2, 0) is 15.8 Å². The van der Waals surface area contributed by atoms with E-state index in [0.29, 0.717) is 17.3 Å². The molecule has 0 spiro atoms. The van der Waals surface area contributed by atoms with Crippen LogP contribution in [0, 0.1) is 0 Å². The summed E-state index contributed by atoms with van der Waals surface area (Å²) in [7, 11) is 0. The van der Waals surface area contributed by atoms with Gasteiger partial charge in [-0.25, -0.2) is 0 Å². The lowest BCUT2D eigenvalue weighted by Crippen LogP contribution is -2.46.